The number of nitrogen functional groups attached to an aromatic ring is 2. The number of benzene rings is 1. The van der Waals surface area contributed by atoms with Gasteiger partial charge in [0, 0.05) is 59.7 Å². The molecule has 4 heterocycles. The van der Waals surface area contributed by atoms with Crippen LogP contribution in [0, 0.1) is 5.82 Å². The minimum absolute atomic E-state index is 0.0343. The van der Waals surface area contributed by atoms with Crippen LogP contribution < -0.4 is 21.5 Å². The molecule has 1 amide bonds. The summed E-state index contributed by atoms with van der Waals surface area (Å²) in [5.41, 5.74) is 13.9. The Labute approximate surface area is 207 Å². The van der Waals surface area contributed by atoms with E-state index in [0.29, 0.717) is 52.4 Å². The molecule has 5 rings (SSSR count). The van der Waals surface area contributed by atoms with Gasteiger partial charge >= 0.3 is 0 Å². The summed E-state index contributed by atoms with van der Waals surface area (Å²) in [7, 11) is 1.46. The Hall–Kier alpha value is -4.41. The Morgan fingerprint density at radius 2 is 1.92 bits per heavy atom. The molecule has 0 saturated carbocycles. The molecule has 0 aliphatic carbocycles. The van der Waals surface area contributed by atoms with Gasteiger partial charge in [-0.1, -0.05) is 0 Å². The Kier molecular flexibility index (Phi) is 5.83. The molecule has 4 aromatic rings. The SMILES string of the molecule is COc1c(N)cncc1-c1cc2cc(Nc3cc4n(n3)CC(=O)N(C(C)C)CC4)ncc2c(N)c1F. The molecule has 11 heteroatoms. The van der Waals surface area contributed by atoms with E-state index in [4.69, 9.17) is 16.2 Å². The zero-order valence-corrected chi connectivity index (χ0v) is 20.2. The smallest absolute Gasteiger partial charge is 0.244 e. The predicted molar refractivity (Wildman–Crippen MR) is 136 cm³/mol. The number of ether oxygens (including phenoxy) is 1. The van der Waals surface area contributed by atoms with Gasteiger partial charge in [0.15, 0.2) is 17.4 Å². The van der Waals surface area contributed by atoms with Crippen molar-refractivity contribution in [2.45, 2.75) is 32.9 Å². The monoisotopic (exact) mass is 490 g/mol. The number of hydrogen-bond donors (Lipinski definition) is 3. The first-order valence-electron chi connectivity index (χ1n) is 11.6. The highest BCUT2D eigenvalue weighted by Crippen LogP contribution is 2.39. The Bertz CT molecular complexity index is 1480. The molecule has 1 aliphatic rings. The summed E-state index contributed by atoms with van der Waals surface area (Å²) in [5, 5.41) is 8.87. The van der Waals surface area contributed by atoms with E-state index in [0.717, 1.165) is 5.69 Å². The Morgan fingerprint density at radius 1 is 1.11 bits per heavy atom. The van der Waals surface area contributed by atoms with Crippen molar-refractivity contribution in [1.29, 1.82) is 0 Å². The van der Waals surface area contributed by atoms with E-state index in [1.165, 1.54) is 25.7 Å². The van der Waals surface area contributed by atoms with Crippen LogP contribution in [-0.2, 0) is 17.8 Å². The van der Waals surface area contributed by atoms with E-state index in [9.17, 15) is 4.79 Å². The number of amides is 1. The lowest BCUT2D eigenvalue weighted by atomic mass is 10.00. The summed E-state index contributed by atoms with van der Waals surface area (Å²) < 4.78 is 22.4. The lowest BCUT2D eigenvalue weighted by Gasteiger charge is -2.24. The van der Waals surface area contributed by atoms with Crippen molar-refractivity contribution < 1.29 is 13.9 Å². The van der Waals surface area contributed by atoms with Crippen LogP contribution in [0.3, 0.4) is 0 Å². The molecule has 10 nitrogen and oxygen atoms in total. The zero-order chi connectivity index (χ0) is 25.6. The minimum Gasteiger partial charge on any atom is -0.494 e. The number of nitrogens with zero attached hydrogens (tertiary/aromatic N) is 5. The van der Waals surface area contributed by atoms with Crippen LogP contribution in [0.1, 0.15) is 19.5 Å². The second kappa shape index (κ2) is 8.99. The number of halogens is 1. The molecule has 0 unspecified atom stereocenters. The van der Waals surface area contributed by atoms with Crippen LogP contribution in [0.25, 0.3) is 21.9 Å². The van der Waals surface area contributed by atoms with Gasteiger partial charge in [0.2, 0.25) is 5.91 Å². The average molecular weight is 491 g/mol. The number of methoxy groups -OCH3 is 1. The topological polar surface area (TPSA) is 137 Å². The molecule has 1 aliphatic heterocycles. The van der Waals surface area contributed by atoms with Gasteiger partial charge in [0.25, 0.3) is 0 Å². The highest BCUT2D eigenvalue weighted by Gasteiger charge is 2.24. The van der Waals surface area contributed by atoms with E-state index in [2.05, 4.69) is 20.4 Å². The first kappa shape index (κ1) is 23.3. The van der Waals surface area contributed by atoms with Gasteiger partial charge in [-0.05, 0) is 31.4 Å². The van der Waals surface area contributed by atoms with Crippen LogP contribution >= 0.6 is 0 Å². The maximum absolute atomic E-state index is 15.2. The summed E-state index contributed by atoms with van der Waals surface area (Å²) in [4.78, 5) is 22.9. The van der Waals surface area contributed by atoms with Crippen molar-refractivity contribution >= 4 is 39.7 Å². The predicted octanol–water partition coefficient (Wildman–Crippen LogP) is 3.34. The quantitative estimate of drug-likeness (QED) is 0.362. The lowest BCUT2D eigenvalue weighted by molar-refractivity contribution is -0.133. The van der Waals surface area contributed by atoms with Gasteiger partial charge in [-0.15, -0.1) is 0 Å². The molecule has 36 heavy (non-hydrogen) atoms. The molecule has 0 saturated heterocycles. The van der Waals surface area contributed by atoms with E-state index in [-0.39, 0.29) is 29.7 Å². The fourth-order valence-corrected chi connectivity index (χ4v) is 4.56. The number of nitrogens with one attached hydrogen (secondary N) is 1. The summed E-state index contributed by atoms with van der Waals surface area (Å²) >= 11 is 0. The van der Waals surface area contributed by atoms with Crippen molar-refractivity contribution in [3.05, 3.63) is 48.3 Å². The fraction of sp³-hybridized carbons (Fsp3) is 0.280. The third kappa shape index (κ3) is 4.02. The lowest BCUT2D eigenvalue weighted by Crippen LogP contribution is -2.38. The normalized spacial score (nSPS) is 13.7. The van der Waals surface area contributed by atoms with Crippen molar-refractivity contribution in [3.8, 4) is 16.9 Å². The van der Waals surface area contributed by atoms with Crippen LogP contribution in [0.15, 0.2) is 36.8 Å². The molecular weight excluding hydrogens is 463 g/mol. The van der Waals surface area contributed by atoms with Gasteiger partial charge in [-0.3, -0.25) is 14.5 Å². The molecule has 186 valence electrons. The summed E-state index contributed by atoms with van der Waals surface area (Å²) in [5.74, 6) is 0.827. The maximum atomic E-state index is 15.2. The van der Waals surface area contributed by atoms with Gasteiger partial charge in [-0.2, -0.15) is 5.10 Å². The fourth-order valence-electron chi connectivity index (χ4n) is 4.56. The third-order valence-corrected chi connectivity index (χ3v) is 6.37. The molecule has 0 radical (unpaired) electrons. The van der Waals surface area contributed by atoms with Crippen LogP contribution in [-0.4, -0.2) is 50.3 Å². The van der Waals surface area contributed by atoms with Crippen molar-refractivity contribution in [3.63, 3.8) is 0 Å². The highest BCUT2D eigenvalue weighted by molar-refractivity contribution is 5.99. The largest absolute Gasteiger partial charge is 0.494 e. The van der Waals surface area contributed by atoms with E-state index in [1.54, 1.807) is 16.8 Å². The van der Waals surface area contributed by atoms with Gasteiger partial charge < -0.3 is 26.4 Å². The second-order valence-electron chi connectivity index (χ2n) is 8.99. The molecule has 0 bridgehead atoms. The molecule has 5 N–H and O–H groups in total. The van der Waals surface area contributed by atoms with Gasteiger partial charge in [-0.25, -0.2) is 9.37 Å². The average Bonchev–Trinajstić information content (AvgIpc) is 3.13. The number of carbonyl (C=O) groups excluding carboxylic acids is 1. The van der Waals surface area contributed by atoms with Crippen molar-refractivity contribution in [2.24, 2.45) is 0 Å². The van der Waals surface area contributed by atoms with Crippen molar-refractivity contribution in [2.75, 3.05) is 30.4 Å². The maximum Gasteiger partial charge on any atom is 0.244 e. The number of pyridine rings is 2. The van der Waals surface area contributed by atoms with Gasteiger partial charge in [0.1, 0.15) is 12.4 Å². The molecule has 3 aromatic heterocycles. The van der Waals surface area contributed by atoms with Gasteiger partial charge in [0.05, 0.1) is 24.7 Å². The zero-order valence-electron chi connectivity index (χ0n) is 20.2. The number of hydrogen-bond acceptors (Lipinski definition) is 8. The molecular formula is C25H27FN8O2. The number of anilines is 4. The molecule has 0 fully saturated rings. The number of fused-ring (bicyclic) bond motifs is 2. The van der Waals surface area contributed by atoms with Crippen LogP contribution in [0.4, 0.5) is 27.4 Å². The van der Waals surface area contributed by atoms with E-state index < -0.39 is 5.82 Å². The summed E-state index contributed by atoms with van der Waals surface area (Å²) in [6.45, 7) is 4.85. The standard InChI is InChI=1S/C25H27FN8O2/c1-13(2)33-5-4-15-8-21(32-34(15)12-22(33)35)31-20-7-14-6-16(23(26)24(28)17(14)10-30-20)18-9-29-11-19(27)25(18)36-3/h6-11,13H,4-5,12,27-28H2,1-3H3,(H,30,31,32). The van der Waals surface area contributed by atoms with Crippen LogP contribution in [0.2, 0.25) is 0 Å². The number of rotatable bonds is 5. The number of carbonyl (C=O) groups is 1. The van der Waals surface area contributed by atoms with E-state index >= 15 is 4.39 Å². The Balaban J connectivity index is 1.48. The summed E-state index contributed by atoms with van der Waals surface area (Å²) in [6.07, 6.45) is 5.15. The second-order valence-corrected chi connectivity index (χ2v) is 8.99. The molecule has 1 aromatic carbocycles. The molecule has 0 atom stereocenters. The Morgan fingerprint density at radius 3 is 2.67 bits per heavy atom. The van der Waals surface area contributed by atoms with Crippen molar-refractivity contribution in [1.82, 2.24) is 24.6 Å². The number of aromatic nitrogens is 4. The minimum atomic E-state index is -0.603. The highest BCUT2D eigenvalue weighted by atomic mass is 19.1. The van der Waals surface area contributed by atoms with E-state index in [1.807, 2.05) is 24.8 Å². The number of nitrogens with two attached hydrogens (primary N) is 2. The summed E-state index contributed by atoms with van der Waals surface area (Å²) in [6, 6.07) is 5.48. The third-order valence-electron chi connectivity index (χ3n) is 6.37. The molecule has 0 spiro atoms. The first-order valence-corrected chi connectivity index (χ1v) is 11.6. The first-order chi connectivity index (χ1) is 17.3. The van der Waals surface area contributed by atoms with Crippen LogP contribution in [0.5, 0.6) is 5.75 Å².